The summed E-state index contributed by atoms with van der Waals surface area (Å²) in [6, 6.07) is 40.3. The second kappa shape index (κ2) is 8.89. The molecule has 5 heteroatoms. The highest BCUT2D eigenvalue weighted by molar-refractivity contribution is 6.13. The number of benzene rings is 5. The zero-order valence-corrected chi connectivity index (χ0v) is 21.5. The fourth-order valence-corrected chi connectivity index (χ4v) is 5.77. The van der Waals surface area contributed by atoms with Gasteiger partial charge in [0.05, 0.1) is 29.1 Å². The molecule has 0 atom stereocenters. The van der Waals surface area contributed by atoms with E-state index in [1.807, 2.05) is 83.9 Å². The summed E-state index contributed by atoms with van der Waals surface area (Å²) in [6.45, 7) is -2.02. The van der Waals surface area contributed by atoms with E-state index in [0.717, 1.165) is 39.0 Å². The first-order valence-corrected chi connectivity index (χ1v) is 13.2. The summed E-state index contributed by atoms with van der Waals surface area (Å²) in [5, 5.41) is 4.63. The van der Waals surface area contributed by atoms with E-state index < -0.39 is 6.98 Å². The van der Waals surface area contributed by atoms with Gasteiger partial charge in [-0.15, -0.1) is 0 Å². The fourth-order valence-electron chi connectivity index (χ4n) is 5.77. The summed E-state index contributed by atoms with van der Waals surface area (Å²) < 4.78 is 32.7. The fraction of sp³-hybridized carbons (Fsp3) is 0.0571. The molecule has 5 nitrogen and oxygen atoms in total. The van der Waals surface area contributed by atoms with Crippen molar-refractivity contribution in [3.8, 4) is 17.3 Å². The third-order valence-electron chi connectivity index (χ3n) is 7.59. The van der Waals surface area contributed by atoms with E-state index in [9.17, 15) is 0 Å². The lowest BCUT2D eigenvalue weighted by molar-refractivity contribution is 0.483. The van der Waals surface area contributed by atoms with Gasteiger partial charge < -0.3 is 14.5 Å². The SMILES string of the molecule is [2H]C([2H])([2H])N1CN(c2cccc(Oc3ccc4c5cc6ccccc6cc5n(-c5ccccn5)c4c3)c2)c2ccccc21. The first-order chi connectivity index (χ1) is 20.9. The number of hydrogen-bond donors (Lipinski definition) is 0. The van der Waals surface area contributed by atoms with Crippen molar-refractivity contribution in [2.24, 2.45) is 0 Å². The van der Waals surface area contributed by atoms with Crippen molar-refractivity contribution < 1.29 is 8.85 Å². The molecule has 7 aromatic rings. The van der Waals surface area contributed by atoms with Crippen LogP contribution in [0.3, 0.4) is 0 Å². The van der Waals surface area contributed by atoms with Gasteiger partial charge in [-0.3, -0.25) is 4.57 Å². The summed E-state index contributed by atoms with van der Waals surface area (Å²) in [5.41, 5.74) is 4.48. The van der Waals surface area contributed by atoms with Crippen molar-refractivity contribution in [3.63, 3.8) is 0 Å². The minimum atomic E-state index is -2.24. The molecule has 8 rings (SSSR count). The minimum Gasteiger partial charge on any atom is -0.457 e. The zero-order valence-electron chi connectivity index (χ0n) is 24.5. The monoisotopic (exact) mass is 521 g/mol. The molecule has 0 fully saturated rings. The molecular weight excluding hydrogens is 492 g/mol. The highest BCUT2D eigenvalue weighted by Gasteiger charge is 2.24. The van der Waals surface area contributed by atoms with Gasteiger partial charge >= 0.3 is 0 Å². The van der Waals surface area contributed by atoms with Crippen LogP contribution in [0.4, 0.5) is 17.1 Å². The molecule has 0 N–H and O–H groups in total. The largest absolute Gasteiger partial charge is 0.457 e. The lowest BCUT2D eigenvalue weighted by atomic mass is 10.1. The number of para-hydroxylation sites is 2. The van der Waals surface area contributed by atoms with Gasteiger partial charge in [0.2, 0.25) is 0 Å². The van der Waals surface area contributed by atoms with Crippen LogP contribution >= 0.6 is 0 Å². The highest BCUT2D eigenvalue weighted by Crippen LogP contribution is 2.41. The van der Waals surface area contributed by atoms with Crippen molar-refractivity contribution in [2.75, 3.05) is 23.4 Å². The maximum absolute atomic E-state index is 8.03. The third-order valence-corrected chi connectivity index (χ3v) is 7.59. The quantitative estimate of drug-likeness (QED) is 0.232. The third kappa shape index (κ3) is 3.59. The van der Waals surface area contributed by atoms with Crippen molar-refractivity contribution in [1.29, 1.82) is 0 Å². The molecule has 0 unspecified atom stereocenters. The van der Waals surface area contributed by atoms with Crippen LogP contribution in [-0.2, 0) is 0 Å². The summed E-state index contributed by atoms with van der Waals surface area (Å²) in [4.78, 5) is 8.13. The van der Waals surface area contributed by atoms with Crippen LogP contribution in [0.1, 0.15) is 4.11 Å². The van der Waals surface area contributed by atoms with Gasteiger partial charge in [-0.25, -0.2) is 4.98 Å². The lowest BCUT2D eigenvalue weighted by Crippen LogP contribution is -2.23. The molecule has 192 valence electrons. The average Bonchev–Trinajstić information content (AvgIpc) is 3.56. The molecule has 0 radical (unpaired) electrons. The van der Waals surface area contributed by atoms with E-state index in [1.165, 1.54) is 15.7 Å². The van der Waals surface area contributed by atoms with E-state index in [0.29, 0.717) is 17.2 Å². The summed E-state index contributed by atoms with van der Waals surface area (Å²) in [7, 11) is 0. The number of pyridine rings is 1. The van der Waals surface area contributed by atoms with Gasteiger partial charge in [0.1, 0.15) is 17.3 Å². The predicted molar refractivity (Wildman–Crippen MR) is 164 cm³/mol. The van der Waals surface area contributed by atoms with Crippen LogP contribution in [0.5, 0.6) is 11.5 Å². The first-order valence-electron chi connectivity index (χ1n) is 14.7. The van der Waals surface area contributed by atoms with Crippen LogP contribution in [0.25, 0.3) is 38.4 Å². The maximum Gasteiger partial charge on any atom is 0.137 e. The Morgan fingerprint density at radius 2 is 1.45 bits per heavy atom. The van der Waals surface area contributed by atoms with Crippen LogP contribution in [-0.4, -0.2) is 23.2 Å². The van der Waals surface area contributed by atoms with Crippen LogP contribution in [0.15, 0.2) is 128 Å². The number of nitrogens with zero attached hydrogens (tertiary/aromatic N) is 4. The molecule has 40 heavy (non-hydrogen) atoms. The lowest BCUT2D eigenvalue weighted by Gasteiger charge is -2.20. The van der Waals surface area contributed by atoms with E-state index in [4.69, 9.17) is 8.85 Å². The molecule has 0 spiro atoms. The molecular formula is C35H26N4O. The number of ether oxygens (including phenoxy) is 1. The van der Waals surface area contributed by atoms with E-state index in [2.05, 4.69) is 58.1 Å². The molecule has 2 aromatic heterocycles. The standard InChI is InChI=1S/C35H26N4O/c1-37-23-38(32-14-5-4-13-31(32)37)26-11-8-12-27(21-26)40-28-16-17-29-30-19-24-9-2-3-10-25(24)20-33(30)39(34(29)22-28)35-15-6-7-18-36-35/h2-22H,23H2,1H3/i1D3. The smallest absolute Gasteiger partial charge is 0.137 e. The number of rotatable bonds is 4. The summed E-state index contributed by atoms with van der Waals surface area (Å²) >= 11 is 0. The Labute approximate surface area is 236 Å². The Hall–Kier alpha value is -5.29. The second-order valence-electron chi connectivity index (χ2n) is 10.0. The van der Waals surface area contributed by atoms with Gasteiger partial charge in [-0.2, -0.15) is 0 Å². The molecule has 0 bridgehead atoms. The number of aromatic nitrogens is 2. The van der Waals surface area contributed by atoms with Crippen molar-refractivity contribution in [1.82, 2.24) is 9.55 Å². The topological polar surface area (TPSA) is 33.5 Å². The Morgan fingerprint density at radius 1 is 0.675 bits per heavy atom. The van der Waals surface area contributed by atoms with Crippen LogP contribution in [0, 0.1) is 0 Å². The summed E-state index contributed by atoms with van der Waals surface area (Å²) in [6.07, 6.45) is 1.81. The molecule has 0 saturated heterocycles. The van der Waals surface area contributed by atoms with E-state index >= 15 is 0 Å². The Kier molecular flexibility index (Phi) is 4.38. The van der Waals surface area contributed by atoms with Gasteiger partial charge in [0.25, 0.3) is 0 Å². The molecule has 3 heterocycles. The van der Waals surface area contributed by atoms with Gasteiger partial charge in [-0.05, 0) is 71.4 Å². The Balaban J connectivity index is 1.21. The van der Waals surface area contributed by atoms with Crippen LogP contribution < -0.4 is 14.5 Å². The molecule has 1 aliphatic heterocycles. The zero-order chi connectivity index (χ0) is 29.1. The highest BCUT2D eigenvalue weighted by atomic mass is 16.5. The molecule has 0 aliphatic carbocycles. The van der Waals surface area contributed by atoms with Crippen molar-refractivity contribution >= 4 is 49.6 Å². The number of anilines is 3. The van der Waals surface area contributed by atoms with Gasteiger partial charge in [-0.1, -0.05) is 48.5 Å². The molecule has 1 aliphatic rings. The van der Waals surface area contributed by atoms with Crippen LogP contribution in [0.2, 0.25) is 0 Å². The normalized spacial score (nSPS) is 14.3. The van der Waals surface area contributed by atoms with Crippen molar-refractivity contribution in [3.05, 3.63) is 128 Å². The Bertz CT molecular complexity index is 2160. The maximum atomic E-state index is 8.03. The molecule has 0 saturated carbocycles. The molecule has 5 aromatic carbocycles. The number of fused-ring (bicyclic) bond motifs is 5. The van der Waals surface area contributed by atoms with E-state index in [1.54, 1.807) is 0 Å². The molecule has 0 amide bonds. The van der Waals surface area contributed by atoms with Gasteiger partial charge in [0.15, 0.2) is 0 Å². The summed E-state index contributed by atoms with van der Waals surface area (Å²) in [5.74, 6) is 2.19. The average molecular weight is 522 g/mol. The second-order valence-corrected chi connectivity index (χ2v) is 10.0. The predicted octanol–water partition coefficient (Wildman–Crippen LogP) is 8.67. The number of hydrogen-bond acceptors (Lipinski definition) is 4. The first kappa shape index (κ1) is 19.7. The van der Waals surface area contributed by atoms with Crippen molar-refractivity contribution in [2.45, 2.75) is 0 Å². The van der Waals surface area contributed by atoms with Gasteiger partial charge in [0, 0.05) is 45.9 Å². The minimum absolute atomic E-state index is 0.226. The van der Waals surface area contributed by atoms with E-state index in [-0.39, 0.29) is 6.67 Å². The Morgan fingerprint density at radius 3 is 2.30 bits per heavy atom.